The lowest BCUT2D eigenvalue weighted by molar-refractivity contribution is -0.117. The number of aliphatic imine (C=N–C) groups is 1. The Balaban J connectivity index is 2.19. The monoisotopic (exact) mass is 371 g/mol. The van der Waals surface area contributed by atoms with E-state index < -0.39 is 11.8 Å². The van der Waals surface area contributed by atoms with Gasteiger partial charge in [0.15, 0.2) is 0 Å². The van der Waals surface area contributed by atoms with Crippen molar-refractivity contribution in [2.24, 2.45) is 16.5 Å². The SMILES string of the molecule is C/C=C(C(N)=O)\C(=N/C(=N)NCC(N)=O)Nc1ccc(N2CCCC2)cc1. The molecule has 7 N–H and O–H groups in total. The predicted molar refractivity (Wildman–Crippen MR) is 107 cm³/mol. The number of nitrogens with zero attached hydrogens (tertiary/aromatic N) is 2. The van der Waals surface area contributed by atoms with E-state index in [1.54, 1.807) is 6.92 Å². The molecule has 0 spiro atoms. The van der Waals surface area contributed by atoms with Gasteiger partial charge in [0.25, 0.3) is 5.91 Å². The largest absolute Gasteiger partial charge is 0.372 e. The molecule has 1 aliphatic rings. The Morgan fingerprint density at radius 1 is 1.22 bits per heavy atom. The highest BCUT2D eigenvalue weighted by atomic mass is 16.1. The highest BCUT2D eigenvalue weighted by molar-refractivity contribution is 6.26. The van der Waals surface area contributed by atoms with Gasteiger partial charge in [-0.25, -0.2) is 0 Å². The number of carbonyl (C=O) groups is 2. The summed E-state index contributed by atoms with van der Waals surface area (Å²) in [6.07, 6.45) is 3.90. The molecule has 1 saturated heterocycles. The maximum absolute atomic E-state index is 11.7. The van der Waals surface area contributed by atoms with Gasteiger partial charge in [0.2, 0.25) is 11.9 Å². The molecule has 9 heteroatoms. The van der Waals surface area contributed by atoms with Crippen LogP contribution in [0.25, 0.3) is 0 Å². The number of carbonyl (C=O) groups excluding carboxylic acids is 2. The van der Waals surface area contributed by atoms with Crippen molar-refractivity contribution in [3.05, 3.63) is 35.9 Å². The van der Waals surface area contributed by atoms with Crippen LogP contribution >= 0.6 is 0 Å². The topological polar surface area (TPSA) is 150 Å². The van der Waals surface area contributed by atoms with E-state index in [4.69, 9.17) is 16.9 Å². The number of hydrogen-bond acceptors (Lipinski definition) is 4. The fourth-order valence-electron chi connectivity index (χ4n) is 2.74. The van der Waals surface area contributed by atoms with E-state index in [0.29, 0.717) is 5.69 Å². The fourth-order valence-corrected chi connectivity index (χ4v) is 2.74. The van der Waals surface area contributed by atoms with Gasteiger partial charge in [0.1, 0.15) is 5.84 Å². The third kappa shape index (κ3) is 5.84. The average molecular weight is 371 g/mol. The Bertz CT molecular complexity index is 762. The number of amidine groups is 1. The summed E-state index contributed by atoms with van der Waals surface area (Å²) in [6.45, 7) is 3.51. The van der Waals surface area contributed by atoms with E-state index in [-0.39, 0.29) is 23.9 Å². The van der Waals surface area contributed by atoms with Gasteiger partial charge in [-0.1, -0.05) is 6.08 Å². The normalized spacial score (nSPS) is 14.8. The van der Waals surface area contributed by atoms with Crippen LogP contribution in [0.1, 0.15) is 19.8 Å². The van der Waals surface area contributed by atoms with E-state index in [0.717, 1.165) is 18.8 Å². The van der Waals surface area contributed by atoms with Gasteiger partial charge in [-0.3, -0.25) is 15.0 Å². The number of allylic oxidation sites excluding steroid dienone is 1. The molecule has 0 aliphatic carbocycles. The molecular weight excluding hydrogens is 346 g/mol. The van der Waals surface area contributed by atoms with Crippen LogP contribution in [0.5, 0.6) is 0 Å². The van der Waals surface area contributed by atoms with Crippen LogP contribution in [0.15, 0.2) is 40.9 Å². The summed E-state index contributed by atoms with van der Waals surface area (Å²) in [6, 6.07) is 7.72. The van der Waals surface area contributed by atoms with Gasteiger partial charge in [0.05, 0.1) is 12.1 Å². The van der Waals surface area contributed by atoms with E-state index in [1.165, 1.54) is 18.9 Å². The van der Waals surface area contributed by atoms with Crippen molar-refractivity contribution < 1.29 is 9.59 Å². The minimum absolute atomic E-state index is 0.112. The number of hydrogen-bond donors (Lipinski definition) is 5. The van der Waals surface area contributed by atoms with Crippen LogP contribution in [-0.4, -0.2) is 43.2 Å². The lowest BCUT2D eigenvalue weighted by Gasteiger charge is -2.18. The van der Waals surface area contributed by atoms with Crippen molar-refractivity contribution in [3.8, 4) is 0 Å². The van der Waals surface area contributed by atoms with Crippen molar-refractivity contribution in [2.45, 2.75) is 19.8 Å². The molecular formula is C18H25N7O2. The molecule has 1 heterocycles. The lowest BCUT2D eigenvalue weighted by Crippen LogP contribution is -2.34. The fraction of sp³-hybridized carbons (Fsp3) is 0.333. The zero-order chi connectivity index (χ0) is 19.8. The first-order valence-electron chi connectivity index (χ1n) is 8.68. The quantitative estimate of drug-likeness (QED) is 0.281. The van der Waals surface area contributed by atoms with Crippen molar-refractivity contribution in [3.63, 3.8) is 0 Å². The van der Waals surface area contributed by atoms with Crippen LogP contribution in [-0.2, 0) is 9.59 Å². The van der Waals surface area contributed by atoms with Gasteiger partial charge in [-0.2, -0.15) is 4.99 Å². The van der Waals surface area contributed by atoms with Crippen molar-refractivity contribution >= 4 is 35.0 Å². The Morgan fingerprint density at radius 2 is 1.85 bits per heavy atom. The lowest BCUT2D eigenvalue weighted by atomic mass is 10.2. The van der Waals surface area contributed by atoms with Crippen LogP contribution < -0.4 is 27.0 Å². The van der Waals surface area contributed by atoms with E-state index in [9.17, 15) is 9.59 Å². The molecule has 0 unspecified atom stereocenters. The molecule has 0 aromatic heterocycles. The van der Waals surface area contributed by atoms with Gasteiger partial charge in [0, 0.05) is 24.5 Å². The molecule has 1 aromatic rings. The van der Waals surface area contributed by atoms with Crippen molar-refractivity contribution in [1.82, 2.24) is 5.32 Å². The maximum Gasteiger partial charge on any atom is 0.252 e. The van der Waals surface area contributed by atoms with Gasteiger partial charge < -0.3 is 27.0 Å². The molecule has 144 valence electrons. The first-order chi connectivity index (χ1) is 12.9. The summed E-state index contributed by atoms with van der Waals surface area (Å²) in [5.74, 6) is -1.50. The molecule has 0 bridgehead atoms. The van der Waals surface area contributed by atoms with E-state index in [1.807, 2.05) is 24.3 Å². The van der Waals surface area contributed by atoms with Crippen LogP contribution in [0, 0.1) is 5.41 Å². The Kier molecular flexibility index (Phi) is 6.93. The minimum Gasteiger partial charge on any atom is -0.372 e. The second kappa shape index (κ2) is 9.37. The number of anilines is 2. The molecule has 9 nitrogen and oxygen atoms in total. The molecule has 0 saturated carbocycles. The van der Waals surface area contributed by atoms with Gasteiger partial charge >= 0.3 is 0 Å². The molecule has 1 fully saturated rings. The van der Waals surface area contributed by atoms with Gasteiger partial charge in [-0.15, -0.1) is 0 Å². The second-order valence-electron chi connectivity index (χ2n) is 6.06. The molecule has 0 radical (unpaired) electrons. The summed E-state index contributed by atoms with van der Waals surface area (Å²) < 4.78 is 0. The summed E-state index contributed by atoms with van der Waals surface area (Å²) in [4.78, 5) is 28.9. The van der Waals surface area contributed by atoms with E-state index >= 15 is 0 Å². The molecule has 27 heavy (non-hydrogen) atoms. The smallest absolute Gasteiger partial charge is 0.252 e. The van der Waals surface area contributed by atoms with Crippen LogP contribution in [0.2, 0.25) is 0 Å². The molecule has 1 aromatic carbocycles. The zero-order valence-corrected chi connectivity index (χ0v) is 15.3. The third-order valence-corrected chi connectivity index (χ3v) is 4.06. The first kappa shape index (κ1) is 20.0. The number of benzene rings is 1. The van der Waals surface area contributed by atoms with Crippen molar-refractivity contribution in [2.75, 3.05) is 29.9 Å². The van der Waals surface area contributed by atoms with Crippen LogP contribution in [0.3, 0.4) is 0 Å². The zero-order valence-electron chi connectivity index (χ0n) is 15.3. The molecule has 2 amide bonds. The standard InChI is InChI=1S/C18H25N7O2/c1-2-14(16(20)27)17(24-18(21)22-11-15(19)26)23-12-5-7-13(8-6-12)25-9-3-4-10-25/h2,5-8H,3-4,9-11H2,1H3,(H2,19,26)(H2,20,27)(H3,21,22,23,24)/b14-2-. The van der Waals surface area contributed by atoms with Gasteiger partial charge in [-0.05, 0) is 44.0 Å². The molecule has 0 atom stereocenters. The predicted octanol–water partition coefficient (Wildman–Crippen LogP) is 0.538. The highest BCUT2D eigenvalue weighted by Gasteiger charge is 2.15. The number of nitrogens with two attached hydrogens (primary N) is 2. The number of rotatable bonds is 6. The molecule has 2 rings (SSSR count). The third-order valence-electron chi connectivity index (χ3n) is 4.06. The highest BCUT2D eigenvalue weighted by Crippen LogP contribution is 2.22. The molecule has 1 aliphatic heterocycles. The average Bonchev–Trinajstić information content (AvgIpc) is 3.15. The summed E-state index contributed by atoms with van der Waals surface area (Å²) in [5, 5.41) is 13.3. The first-order valence-corrected chi connectivity index (χ1v) is 8.68. The summed E-state index contributed by atoms with van der Waals surface area (Å²) >= 11 is 0. The number of amides is 2. The van der Waals surface area contributed by atoms with Crippen molar-refractivity contribution in [1.29, 1.82) is 5.41 Å². The Hall–Kier alpha value is -3.36. The summed E-state index contributed by atoms with van der Waals surface area (Å²) in [5.41, 5.74) is 12.4. The Morgan fingerprint density at radius 3 is 2.37 bits per heavy atom. The van der Waals surface area contributed by atoms with E-state index in [2.05, 4.69) is 20.5 Å². The second-order valence-corrected chi connectivity index (χ2v) is 6.06. The minimum atomic E-state index is -0.680. The summed E-state index contributed by atoms with van der Waals surface area (Å²) in [7, 11) is 0. The number of primary amides is 2. The maximum atomic E-state index is 11.7. The number of nitrogens with one attached hydrogen (secondary N) is 3. The Labute approximate surface area is 158 Å². The van der Waals surface area contributed by atoms with Crippen LogP contribution in [0.4, 0.5) is 11.4 Å². The number of guanidine groups is 1.